The molecular formula is C18H23NO5. The molecule has 1 aromatic rings. The van der Waals surface area contributed by atoms with E-state index >= 15 is 0 Å². The van der Waals surface area contributed by atoms with Gasteiger partial charge in [-0.25, -0.2) is 4.79 Å². The zero-order chi connectivity index (χ0) is 17.2. The van der Waals surface area contributed by atoms with Gasteiger partial charge >= 0.3 is 5.97 Å². The number of esters is 1. The Labute approximate surface area is 141 Å². The average molecular weight is 333 g/mol. The first-order valence-corrected chi connectivity index (χ1v) is 8.35. The van der Waals surface area contributed by atoms with E-state index in [9.17, 15) is 9.59 Å². The summed E-state index contributed by atoms with van der Waals surface area (Å²) in [5.74, 6) is 1.06. The van der Waals surface area contributed by atoms with Crippen LogP contribution in [0.4, 0.5) is 0 Å². The highest BCUT2D eigenvalue weighted by Gasteiger charge is 2.43. The molecule has 1 aromatic carbocycles. The maximum atomic E-state index is 12.7. The number of amides is 1. The summed E-state index contributed by atoms with van der Waals surface area (Å²) in [6, 6.07) is 5.05. The molecule has 1 N–H and O–H groups in total. The van der Waals surface area contributed by atoms with E-state index in [1.165, 1.54) is 7.11 Å². The van der Waals surface area contributed by atoms with Crippen LogP contribution in [0.25, 0.3) is 0 Å². The lowest BCUT2D eigenvalue weighted by molar-refractivity contribution is -0.150. The first-order chi connectivity index (χ1) is 11.5. The van der Waals surface area contributed by atoms with Crippen LogP contribution in [0.3, 0.4) is 0 Å². The molecule has 1 aliphatic heterocycles. The molecule has 6 heteroatoms. The number of carbonyl (C=O) groups is 2. The number of benzene rings is 1. The Bertz CT molecular complexity index is 634. The molecule has 0 aromatic heterocycles. The molecule has 6 nitrogen and oxygen atoms in total. The largest absolute Gasteiger partial charge is 0.486 e. The van der Waals surface area contributed by atoms with E-state index in [4.69, 9.17) is 14.2 Å². The van der Waals surface area contributed by atoms with Crippen molar-refractivity contribution < 1.29 is 23.8 Å². The third-order valence-corrected chi connectivity index (χ3v) is 4.86. The molecule has 0 radical (unpaired) electrons. The third kappa shape index (κ3) is 3.18. The van der Waals surface area contributed by atoms with E-state index in [0.29, 0.717) is 49.0 Å². The first kappa shape index (κ1) is 16.6. The maximum Gasteiger partial charge on any atom is 0.331 e. The summed E-state index contributed by atoms with van der Waals surface area (Å²) in [7, 11) is 1.36. The Kier molecular flexibility index (Phi) is 4.64. The van der Waals surface area contributed by atoms with Crippen molar-refractivity contribution in [2.45, 2.75) is 38.1 Å². The quantitative estimate of drug-likeness (QED) is 0.859. The van der Waals surface area contributed by atoms with Gasteiger partial charge in [0.25, 0.3) is 5.91 Å². The lowest BCUT2D eigenvalue weighted by atomic mass is 9.77. The number of methoxy groups -OCH3 is 1. The van der Waals surface area contributed by atoms with Crippen LogP contribution in [0.15, 0.2) is 18.2 Å². The van der Waals surface area contributed by atoms with Gasteiger partial charge in [-0.1, -0.05) is 6.92 Å². The minimum absolute atomic E-state index is 0.299. The van der Waals surface area contributed by atoms with E-state index in [2.05, 4.69) is 12.2 Å². The normalized spacial score (nSPS) is 25.7. The number of ether oxygens (including phenoxy) is 3. The molecule has 3 rings (SSSR count). The molecule has 2 aliphatic rings. The molecule has 0 atom stereocenters. The van der Waals surface area contributed by atoms with Gasteiger partial charge in [0, 0.05) is 5.56 Å². The highest BCUT2D eigenvalue weighted by molar-refractivity contribution is 5.98. The van der Waals surface area contributed by atoms with Crippen molar-refractivity contribution in [3.05, 3.63) is 23.8 Å². The molecule has 0 bridgehead atoms. The Balaban J connectivity index is 1.79. The predicted molar refractivity (Wildman–Crippen MR) is 87.3 cm³/mol. The van der Waals surface area contributed by atoms with Crippen LogP contribution >= 0.6 is 0 Å². The van der Waals surface area contributed by atoms with E-state index in [-0.39, 0.29) is 11.9 Å². The number of rotatable bonds is 3. The van der Waals surface area contributed by atoms with E-state index in [1.807, 2.05) is 0 Å². The van der Waals surface area contributed by atoms with Crippen molar-refractivity contribution in [2.24, 2.45) is 5.92 Å². The summed E-state index contributed by atoms with van der Waals surface area (Å²) in [6.45, 7) is 3.12. The second-order valence-electron chi connectivity index (χ2n) is 6.57. The molecule has 0 spiro atoms. The molecule has 130 valence electrons. The molecule has 1 saturated carbocycles. The molecular weight excluding hydrogens is 310 g/mol. The SMILES string of the molecule is COC(=O)C1(NC(=O)c2ccc3c(c2)OCCO3)CCC(C)CC1. The van der Waals surface area contributed by atoms with Crippen molar-refractivity contribution in [1.82, 2.24) is 5.32 Å². The fraction of sp³-hybridized carbons (Fsp3) is 0.556. The van der Waals surface area contributed by atoms with E-state index < -0.39 is 5.54 Å². The summed E-state index contributed by atoms with van der Waals surface area (Å²) in [4.78, 5) is 25.0. The van der Waals surface area contributed by atoms with Gasteiger partial charge in [0.2, 0.25) is 0 Å². The molecule has 1 amide bonds. The maximum absolute atomic E-state index is 12.7. The van der Waals surface area contributed by atoms with Crippen molar-refractivity contribution >= 4 is 11.9 Å². The van der Waals surface area contributed by atoms with Crippen LogP contribution in [0.2, 0.25) is 0 Å². The van der Waals surface area contributed by atoms with E-state index in [1.54, 1.807) is 18.2 Å². The zero-order valence-electron chi connectivity index (χ0n) is 14.1. The van der Waals surface area contributed by atoms with Crippen LogP contribution in [0.1, 0.15) is 43.0 Å². The number of carbonyl (C=O) groups excluding carboxylic acids is 2. The van der Waals surface area contributed by atoms with Crippen LogP contribution in [0.5, 0.6) is 11.5 Å². The van der Waals surface area contributed by atoms with Gasteiger partial charge in [-0.15, -0.1) is 0 Å². The van der Waals surface area contributed by atoms with Crippen LogP contribution in [-0.2, 0) is 9.53 Å². The number of fused-ring (bicyclic) bond motifs is 1. The predicted octanol–water partition coefficient (Wildman–Crippen LogP) is 2.31. The van der Waals surface area contributed by atoms with Gasteiger partial charge in [0.15, 0.2) is 11.5 Å². The van der Waals surface area contributed by atoms with Crippen molar-refractivity contribution in [3.8, 4) is 11.5 Å². The third-order valence-electron chi connectivity index (χ3n) is 4.86. The summed E-state index contributed by atoms with van der Waals surface area (Å²) in [6.07, 6.45) is 2.96. The Morgan fingerprint density at radius 3 is 2.50 bits per heavy atom. The van der Waals surface area contributed by atoms with Crippen LogP contribution in [-0.4, -0.2) is 37.7 Å². The summed E-state index contributed by atoms with van der Waals surface area (Å²) < 4.78 is 15.9. The van der Waals surface area contributed by atoms with Gasteiger partial charge in [0.05, 0.1) is 7.11 Å². The molecule has 1 heterocycles. The van der Waals surface area contributed by atoms with Crippen molar-refractivity contribution in [1.29, 1.82) is 0 Å². The number of hydrogen-bond donors (Lipinski definition) is 1. The fourth-order valence-corrected chi connectivity index (χ4v) is 3.30. The van der Waals surface area contributed by atoms with Crippen molar-refractivity contribution in [3.63, 3.8) is 0 Å². The fourth-order valence-electron chi connectivity index (χ4n) is 3.30. The Hall–Kier alpha value is -2.24. The Morgan fingerprint density at radius 2 is 1.83 bits per heavy atom. The Morgan fingerprint density at radius 1 is 1.17 bits per heavy atom. The topological polar surface area (TPSA) is 73.9 Å². The molecule has 0 unspecified atom stereocenters. The van der Waals surface area contributed by atoms with Gasteiger partial charge in [-0.3, -0.25) is 4.79 Å². The first-order valence-electron chi connectivity index (χ1n) is 8.35. The molecule has 1 fully saturated rings. The number of hydrogen-bond acceptors (Lipinski definition) is 5. The van der Waals surface area contributed by atoms with Gasteiger partial charge in [-0.2, -0.15) is 0 Å². The van der Waals surface area contributed by atoms with E-state index in [0.717, 1.165) is 12.8 Å². The molecule has 0 saturated heterocycles. The standard InChI is InChI=1S/C18H23NO5/c1-12-5-7-18(8-6-12,17(21)22-2)19-16(20)13-3-4-14-15(11-13)24-10-9-23-14/h3-4,11-12H,5-10H2,1-2H3,(H,19,20). The van der Waals surface area contributed by atoms with Gasteiger partial charge in [-0.05, 0) is 49.8 Å². The second kappa shape index (κ2) is 6.71. The summed E-state index contributed by atoms with van der Waals surface area (Å²) in [5.41, 5.74) is -0.493. The lowest BCUT2D eigenvalue weighted by Gasteiger charge is -2.37. The summed E-state index contributed by atoms with van der Waals surface area (Å²) >= 11 is 0. The zero-order valence-corrected chi connectivity index (χ0v) is 14.1. The van der Waals surface area contributed by atoms with Crippen molar-refractivity contribution in [2.75, 3.05) is 20.3 Å². The van der Waals surface area contributed by atoms with Gasteiger partial charge < -0.3 is 19.5 Å². The second-order valence-corrected chi connectivity index (χ2v) is 6.57. The minimum Gasteiger partial charge on any atom is -0.486 e. The van der Waals surface area contributed by atoms with Crippen LogP contribution < -0.4 is 14.8 Å². The monoisotopic (exact) mass is 333 g/mol. The highest BCUT2D eigenvalue weighted by Crippen LogP contribution is 2.34. The lowest BCUT2D eigenvalue weighted by Crippen LogP contribution is -2.56. The molecule has 24 heavy (non-hydrogen) atoms. The smallest absolute Gasteiger partial charge is 0.331 e. The average Bonchev–Trinajstić information content (AvgIpc) is 2.62. The number of nitrogens with one attached hydrogen (secondary N) is 1. The van der Waals surface area contributed by atoms with Gasteiger partial charge in [0.1, 0.15) is 18.8 Å². The highest BCUT2D eigenvalue weighted by atomic mass is 16.6. The minimum atomic E-state index is -0.939. The molecule has 1 aliphatic carbocycles. The summed E-state index contributed by atoms with van der Waals surface area (Å²) in [5, 5.41) is 2.92. The van der Waals surface area contributed by atoms with Crippen LogP contribution in [0, 0.1) is 5.92 Å².